The Kier molecular flexibility index (Phi) is 4.56. The van der Waals surface area contributed by atoms with Crippen LogP contribution in [0.3, 0.4) is 0 Å². The van der Waals surface area contributed by atoms with Gasteiger partial charge >= 0.3 is 0 Å². The Labute approximate surface area is 107 Å². The molecule has 0 spiro atoms. The van der Waals surface area contributed by atoms with Gasteiger partial charge in [-0.05, 0) is 32.0 Å². The lowest BCUT2D eigenvalue weighted by Gasteiger charge is -2.07. The molecule has 94 valence electrons. The Morgan fingerprint density at radius 3 is 2.71 bits per heavy atom. The Balaban J connectivity index is 2.97. The predicted octanol–water partition coefficient (Wildman–Crippen LogP) is 2.17. The van der Waals surface area contributed by atoms with Gasteiger partial charge in [-0.1, -0.05) is 23.3 Å². The average molecular weight is 275 g/mol. The summed E-state index contributed by atoms with van der Waals surface area (Å²) in [5.41, 5.74) is 6.93. The Morgan fingerprint density at radius 2 is 2.12 bits per heavy atom. The normalized spacial score (nSPS) is 11.2. The summed E-state index contributed by atoms with van der Waals surface area (Å²) < 4.78 is 26.2. The van der Waals surface area contributed by atoms with E-state index in [9.17, 15) is 8.42 Å². The van der Waals surface area contributed by atoms with Gasteiger partial charge < -0.3 is 5.73 Å². The Hall–Kier alpha value is -1.04. The molecule has 0 aliphatic heterocycles. The van der Waals surface area contributed by atoms with E-state index < -0.39 is 10.0 Å². The summed E-state index contributed by atoms with van der Waals surface area (Å²) in [5.74, 6) is 0. The third-order valence-electron chi connectivity index (χ3n) is 2.03. The van der Waals surface area contributed by atoms with E-state index in [2.05, 4.69) is 4.72 Å². The average Bonchev–Trinajstić information content (AvgIpc) is 2.20. The summed E-state index contributed by atoms with van der Waals surface area (Å²) in [6.07, 6.45) is 1.78. The summed E-state index contributed by atoms with van der Waals surface area (Å²) in [6, 6.07) is 4.36. The van der Waals surface area contributed by atoms with Gasteiger partial charge in [-0.2, -0.15) is 0 Å². The molecule has 4 nitrogen and oxygen atoms in total. The zero-order valence-corrected chi connectivity index (χ0v) is 11.3. The lowest BCUT2D eigenvalue weighted by Crippen LogP contribution is -2.24. The highest BCUT2D eigenvalue weighted by Crippen LogP contribution is 2.23. The number of nitrogen functional groups attached to an aromatic ring is 1. The van der Waals surface area contributed by atoms with Crippen LogP contribution in [0.2, 0.25) is 5.02 Å². The molecule has 0 saturated heterocycles. The van der Waals surface area contributed by atoms with Crippen LogP contribution in [-0.2, 0) is 10.0 Å². The highest BCUT2D eigenvalue weighted by molar-refractivity contribution is 7.89. The van der Waals surface area contributed by atoms with Gasteiger partial charge in [0, 0.05) is 12.2 Å². The molecule has 1 rings (SSSR count). The molecular formula is C11H15ClN2O2S. The van der Waals surface area contributed by atoms with Crippen molar-refractivity contribution < 1.29 is 8.42 Å². The molecule has 0 fully saturated rings. The summed E-state index contributed by atoms with van der Waals surface area (Å²) in [4.78, 5) is 0.00122. The minimum absolute atomic E-state index is 0.00122. The summed E-state index contributed by atoms with van der Waals surface area (Å²) in [7, 11) is -3.62. The van der Waals surface area contributed by atoms with Gasteiger partial charge in [0.2, 0.25) is 10.0 Å². The number of nitrogens with two attached hydrogens (primary N) is 1. The quantitative estimate of drug-likeness (QED) is 0.653. The van der Waals surface area contributed by atoms with Crippen molar-refractivity contribution in [2.45, 2.75) is 18.7 Å². The van der Waals surface area contributed by atoms with Gasteiger partial charge in [-0.25, -0.2) is 13.1 Å². The summed E-state index contributed by atoms with van der Waals surface area (Å²) >= 11 is 5.83. The fourth-order valence-corrected chi connectivity index (χ4v) is 2.66. The van der Waals surface area contributed by atoms with Crippen LogP contribution >= 0.6 is 11.6 Å². The van der Waals surface area contributed by atoms with E-state index in [-0.39, 0.29) is 16.5 Å². The molecule has 1 aromatic rings. The van der Waals surface area contributed by atoms with Crippen LogP contribution in [0.1, 0.15) is 13.8 Å². The van der Waals surface area contributed by atoms with E-state index in [0.717, 1.165) is 5.57 Å². The molecule has 1 aromatic carbocycles. The standard InChI is InChI=1S/C11H15ClN2O2S/c1-8(2)5-6-14-17(15,16)11-7-9(13)3-4-10(11)12/h3-5,7,14H,6,13H2,1-2H3. The van der Waals surface area contributed by atoms with Crippen LogP contribution in [-0.4, -0.2) is 15.0 Å². The van der Waals surface area contributed by atoms with Crippen LogP contribution in [0, 0.1) is 0 Å². The van der Waals surface area contributed by atoms with Gasteiger partial charge in [0.25, 0.3) is 0 Å². The number of anilines is 1. The van der Waals surface area contributed by atoms with Crippen LogP contribution < -0.4 is 10.5 Å². The van der Waals surface area contributed by atoms with E-state index >= 15 is 0 Å². The van der Waals surface area contributed by atoms with Crippen molar-refractivity contribution in [2.24, 2.45) is 0 Å². The molecule has 6 heteroatoms. The maximum Gasteiger partial charge on any atom is 0.242 e. The molecule has 0 unspecified atom stereocenters. The maximum absolute atomic E-state index is 11.9. The number of hydrogen-bond acceptors (Lipinski definition) is 3. The molecule has 0 saturated carbocycles. The molecule has 0 aliphatic carbocycles. The third kappa shape index (κ3) is 4.03. The number of allylic oxidation sites excluding steroid dienone is 1. The molecule has 17 heavy (non-hydrogen) atoms. The van der Waals surface area contributed by atoms with Gasteiger partial charge in [0.1, 0.15) is 4.90 Å². The molecule has 0 amide bonds. The Bertz CT molecular complexity index is 534. The van der Waals surface area contributed by atoms with Crippen molar-refractivity contribution in [1.29, 1.82) is 0 Å². The van der Waals surface area contributed by atoms with Crippen molar-refractivity contribution in [3.63, 3.8) is 0 Å². The first-order chi connectivity index (χ1) is 7.83. The van der Waals surface area contributed by atoms with Crippen LogP contribution in [0.5, 0.6) is 0 Å². The van der Waals surface area contributed by atoms with Gasteiger partial charge in [0.15, 0.2) is 0 Å². The number of nitrogens with one attached hydrogen (secondary N) is 1. The van der Waals surface area contributed by atoms with Crippen molar-refractivity contribution >= 4 is 27.3 Å². The number of halogens is 1. The van der Waals surface area contributed by atoms with Gasteiger partial charge in [-0.15, -0.1) is 0 Å². The fraction of sp³-hybridized carbons (Fsp3) is 0.273. The molecule has 0 bridgehead atoms. The fourth-order valence-electron chi connectivity index (χ4n) is 1.16. The molecular weight excluding hydrogens is 260 g/mol. The first-order valence-electron chi connectivity index (χ1n) is 5.01. The van der Waals surface area contributed by atoms with Crippen molar-refractivity contribution in [3.05, 3.63) is 34.9 Å². The third-order valence-corrected chi connectivity index (χ3v) is 3.93. The van der Waals surface area contributed by atoms with Crippen molar-refractivity contribution in [3.8, 4) is 0 Å². The molecule has 0 aliphatic rings. The number of hydrogen-bond donors (Lipinski definition) is 2. The van der Waals surface area contributed by atoms with E-state index in [0.29, 0.717) is 5.69 Å². The topological polar surface area (TPSA) is 72.2 Å². The minimum atomic E-state index is -3.62. The highest BCUT2D eigenvalue weighted by Gasteiger charge is 2.17. The second kappa shape index (κ2) is 5.53. The molecule has 0 heterocycles. The highest BCUT2D eigenvalue weighted by atomic mass is 35.5. The van der Waals surface area contributed by atoms with Gasteiger partial charge in [-0.3, -0.25) is 0 Å². The monoisotopic (exact) mass is 274 g/mol. The second-order valence-corrected chi connectivity index (χ2v) is 5.97. The van der Waals surface area contributed by atoms with Crippen molar-refractivity contribution in [1.82, 2.24) is 4.72 Å². The number of rotatable bonds is 4. The zero-order valence-electron chi connectivity index (χ0n) is 9.70. The maximum atomic E-state index is 11.9. The van der Waals surface area contributed by atoms with E-state index in [1.807, 2.05) is 13.8 Å². The molecule has 3 N–H and O–H groups in total. The van der Waals surface area contributed by atoms with Crippen LogP contribution in [0.15, 0.2) is 34.7 Å². The van der Waals surface area contributed by atoms with Crippen molar-refractivity contribution in [2.75, 3.05) is 12.3 Å². The first-order valence-corrected chi connectivity index (χ1v) is 6.87. The Morgan fingerprint density at radius 1 is 1.47 bits per heavy atom. The zero-order chi connectivity index (χ0) is 13.1. The summed E-state index contributed by atoms with van der Waals surface area (Å²) in [5, 5.41) is 0.156. The lowest BCUT2D eigenvalue weighted by molar-refractivity contribution is 0.585. The largest absolute Gasteiger partial charge is 0.399 e. The number of benzene rings is 1. The predicted molar refractivity (Wildman–Crippen MR) is 70.5 cm³/mol. The van der Waals surface area contributed by atoms with E-state index in [1.165, 1.54) is 12.1 Å². The number of sulfonamides is 1. The van der Waals surface area contributed by atoms with Gasteiger partial charge in [0.05, 0.1) is 5.02 Å². The molecule has 0 atom stereocenters. The van der Waals surface area contributed by atoms with Crippen LogP contribution in [0.25, 0.3) is 0 Å². The SMILES string of the molecule is CC(C)=CCNS(=O)(=O)c1cc(N)ccc1Cl. The van der Waals surface area contributed by atoms with Crippen LogP contribution in [0.4, 0.5) is 5.69 Å². The minimum Gasteiger partial charge on any atom is -0.399 e. The second-order valence-electron chi connectivity index (χ2n) is 3.82. The van der Waals surface area contributed by atoms with E-state index in [4.69, 9.17) is 17.3 Å². The lowest BCUT2D eigenvalue weighted by atomic mass is 10.3. The molecule has 0 radical (unpaired) electrons. The van der Waals surface area contributed by atoms with E-state index in [1.54, 1.807) is 12.1 Å². The molecule has 0 aromatic heterocycles. The first kappa shape index (κ1) is 14.0. The summed E-state index contributed by atoms with van der Waals surface area (Å²) in [6.45, 7) is 4.01. The smallest absolute Gasteiger partial charge is 0.242 e.